The molecule has 0 spiro atoms. The quantitative estimate of drug-likeness (QED) is 0.615. The van der Waals surface area contributed by atoms with Gasteiger partial charge in [0.25, 0.3) is 5.91 Å². The maximum Gasteiger partial charge on any atom is 0.317 e. The monoisotopic (exact) mass is 451 g/mol. The molecule has 0 unspecified atom stereocenters. The number of benzene rings is 1. The second-order valence-electron chi connectivity index (χ2n) is 6.96. The lowest BCUT2D eigenvalue weighted by molar-refractivity contribution is -0.137. The zero-order valence-electron chi connectivity index (χ0n) is 16.4. The highest BCUT2D eigenvalue weighted by molar-refractivity contribution is 8.93. The standard InChI is InChI=1S/C15H16N4O.C4H9NO2.BrH/c1-9(2)7-19-8-17-12-13(15(16)20)18-11-6-4-3-5-10(11)14(12)19;1-5(2)3-4(6)7;/h3-6,8-9H,7H2,1-2H3,(H2,16,20);3H2,1-2H3,(H,6,7);1H. The van der Waals surface area contributed by atoms with Crippen LogP contribution in [-0.2, 0) is 11.3 Å². The Hall–Kier alpha value is -2.52. The summed E-state index contributed by atoms with van der Waals surface area (Å²) in [5.41, 5.74) is 7.94. The number of likely N-dealkylation sites (N-methyl/N-ethyl adjacent to an activating group) is 1. The van der Waals surface area contributed by atoms with Gasteiger partial charge in [-0.2, -0.15) is 0 Å². The smallest absolute Gasteiger partial charge is 0.317 e. The highest BCUT2D eigenvalue weighted by Gasteiger charge is 2.17. The summed E-state index contributed by atoms with van der Waals surface area (Å²) in [7, 11) is 3.43. The van der Waals surface area contributed by atoms with Crippen LogP contribution < -0.4 is 5.73 Å². The lowest BCUT2D eigenvalue weighted by Crippen LogP contribution is -2.20. The number of primary amides is 1. The number of aliphatic carboxylic acids is 1. The van der Waals surface area contributed by atoms with E-state index in [0.717, 1.165) is 23.0 Å². The number of carbonyl (C=O) groups is 2. The average Bonchev–Trinajstić information content (AvgIpc) is 2.96. The molecule has 3 aromatic rings. The van der Waals surface area contributed by atoms with E-state index in [1.165, 1.54) is 0 Å². The van der Waals surface area contributed by atoms with E-state index in [4.69, 9.17) is 10.8 Å². The molecule has 1 aromatic carbocycles. The number of carbonyl (C=O) groups excluding carboxylic acids is 1. The van der Waals surface area contributed by atoms with Crippen LogP contribution in [0.1, 0.15) is 24.3 Å². The minimum atomic E-state index is -0.787. The number of nitrogens with zero attached hydrogens (tertiary/aromatic N) is 4. The molecular weight excluding hydrogens is 426 g/mol. The van der Waals surface area contributed by atoms with Gasteiger partial charge in [-0.3, -0.25) is 14.5 Å². The van der Waals surface area contributed by atoms with Crippen LogP contribution in [0.15, 0.2) is 30.6 Å². The molecule has 0 fully saturated rings. The molecule has 2 aromatic heterocycles. The number of hydrogen-bond donors (Lipinski definition) is 2. The van der Waals surface area contributed by atoms with Gasteiger partial charge in [0.05, 0.1) is 23.9 Å². The lowest BCUT2D eigenvalue weighted by atomic mass is 10.1. The fourth-order valence-electron chi connectivity index (χ4n) is 2.76. The Morgan fingerprint density at radius 1 is 1.25 bits per heavy atom. The average molecular weight is 452 g/mol. The molecule has 3 N–H and O–H groups in total. The summed E-state index contributed by atoms with van der Waals surface area (Å²) in [5.74, 6) is -0.850. The van der Waals surface area contributed by atoms with Crippen molar-refractivity contribution in [3.63, 3.8) is 0 Å². The van der Waals surface area contributed by atoms with Crippen molar-refractivity contribution in [1.82, 2.24) is 19.4 Å². The maximum atomic E-state index is 11.6. The highest BCUT2D eigenvalue weighted by Crippen LogP contribution is 2.26. The van der Waals surface area contributed by atoms with Gasteiger partial charge in [-0.25, -0.2) is 9.97 Å². The number of rotatable bonds is 5. The third-order valence-corrected chi connectivity index (χ3v) is 3.70. The van der Waals surface area contributed by atoms with Crippen LogP contribution in [0.2, 0.25) is 0 Å². The Kier molecular flexibility index (Phi) is 8.52. The van der Waals surface area contributed by atoms with Gasteiger partial charge >= 0.3 is 5.97 Å². The number of carboxylic acid groups (broad SMARTS) is 1. The number of nitrogens with two attached hydrogens (primary N) is 1. The molecule has 0 aliphatic rings. The Labute approximate surface area is 174 Å². The van der Waals surface area contributed by atoms with Crippen LogP contribution in [0.25, 0.3) is 21.9 Å². The third-order valence-electron chi connectivity index (χ3n) is 3.70. The number of aromatic nitrogens is 3. The molecule has 152 valence electrons. The molecule has 2 heterocycles. The lowest BCUT2D eigenvalue weighted by Gasteiger charge is -2.09. The zero-order valence-corrected chi connectivity index (χ0v) is 18.1. The first kappa shape index (κ1) is 23.5. The number of carboxylic acids is 1. The molecule has 1 amide bonds. The summed E-state index contributed by atoms with van der Waals surface area (Å²) in [4.78, 5) is 31.7. The Morgan fingerprint density at radius 3 is 2.39 bits per heavy atom. The predicted octanol–water partition coefficient (Wildman–Crippen LogP) is 2.55. The second kappa shape index (κ2) is 10.1. The van der Waals surface area contributed by atoms with Crippen molar-refractivity contribution in [3.8, 4) is 0 Å². The number of halogens is 1. The van der Waals surface area contributed by atoms with Gasteiger partial charge in [0.15, 0.2) is 5.69 Å². The van der Waals surface area contributed by atoms with Gasteiger partial charge in [0.1, 0.15) is 5.52 Å². The first-order valence-corrected chi connectivity index (χ1v) is 8.60. The Balaban J connectivity index is 0.000000425. The van der Waals surface area contributed by atoms with E-state index < -0.39 is 11.9 Å². The zero-order chi connectivity index (χ0) is 20.1. The summed E-state index contributed by atoms with van der Waals surface area (Å²) >= 11 is 0. The molecular formula is C19H26BrN5O3. The van der Waals surface area contributed by atoms with Crippen molar-refractivity contribution in [2.45, 2.75) is 20.4 Å². The highest BCUT2D eigenvalue weighted by atomic mass is 79.9. The summed E-state index contributed by atoms with van der Waals surface area (Å²) in [6.07, 6.45) is 1.76. The summed E-state index contributed by atoms with van der Waals surface area (Å²) in [6.45, 7) is 5.23. The van der Waals surface area contributed by atoms with E-state index in [1.54, 1.807) is 25.3 Å². The summed E-state index contributed by atoms with van der Waals surface area (Å²) in [6, 6.07) is 7.73. The minimum absolute atomic E-state index is 0. The van der Waals surface area contributed by atoms with Crippen molar-refractivity contribution < 1.29 is 14.7 Å². The summed E-state index contributed by atoms with van der Waals surface area (Å²) in [5, 5.41) is 9.03. The largest absolute Gasteiger partial charge is 0.480 e. The second-order valence-corrected chi connectivity index (χ2v) is 6.96. The van der Waals surface area contributed by atoms with Crippen LogP contribution in [0, 0.1) is 5.92 Å². The van der Waals surface area contributed by atoms with E-state index in [0.29, 0.717) is 11.4 Å². The number of pyridine rings is 1. The van der Waals surface area contributed by atoms with Gasteiger partial charge in [-0.05, 0) is 26.1 Å². The normalized spacial score (nSPS) is 10.6. The number of para-hydroxylation sites is 1. The summed E-state index contributed by atoms with van der Waals surface area (Å²) < 4.78 is 2.07. The number of imidazole rings is 1. The van der Waals surface area contributed by atoms with Crippen molar-refractivity contribution >= 4 is 50.8 Å². The van der Waals surface area contributed by atoms with Gasteiger partial charge in [0, 0.05) is 11.9 Å². The Bertz CT molecular complexity index is 969. The van der Waals surface area contributed by atoms with E-state index in [-0.39, 0.29) is 29.2 Å². The van der Waals surface area contributed by atoms with Crippen LogP contribution in [-0.4, -0.2) is 57.1 Å². The molecule has 28 heavy (non-hydrogen) atoms. The van der Waals surface area contributed by atoms with Crippen molar-refractivity contribution in [2.24, 2.45) is 11.7 Å². The molecule has 8 nitrogen and oxygen atoms in total. The van der Waals surface area contributed by atoms with Crippen LogP contribution >= 0.6 is 17.0 Å². The van der Waals surface area contributed by atoms with Gasteiger partial charge in [-0.15, -0.1) is 17.0 Å². The van der Waals surface area contributed by atoms with Crippen molar-refractivity contribution in [3.05, 3.63) is 36.3 Å². The van der Waals surface area contributed by atoms with Crippen molar-refractivity contribution in [2.75, 3.05) is 20.6 Å². The molecule has 0 radical (unpaired) electrons. The minimum Gasteiger partial charge on any atom is -0.480 e. The fourth-order valence-corrected chi connectivity index (χ4v) is 2.76. The molecule has 0 atom stereocenters. The van der Waals surface area contributed by atoms with Crippen molar-refractivity contribution in [1.29, 1.82) is 0 Å². The van der Waals surface area contributed by atoms with Crippen LogP contribution in [0.4, 0.5) is 0 Å². The predicted molar refractivity (Wildman–Crippen MR) is 115 cm³/mol. The first-order valence-electron chi connectivity index (χ1n) is 8.60. The molecule has 0 aliphatic carbocycles. The SMILES string of the molecule is Br.CC(C)Cn1cnc2c(C(N)=O)nc3ccccc3c21.CN(C)CC(=O)O. The van der Waals surface area contributed by atoms with Gasteiger partial charge in [-0.1, -0.05) is 32.0 Å². The molecule has 0 saturated carbocycles. The number of amides is 1. The molecule has 0 saturated heterocycles. The van der Waals surface area contributed by atoms with Gasteiger partial charge < -0.3 is 15.4 Å². The topological polar surface area (TPSA) is 114 Å². The molecule has 3 rings (SSSR count). The Morgan fingerprint density at radius 2 is 1.89 bits per heavy atom. The molecule has 9 heteroatoms. The number of hydrogen-bond acceptors (Lipinski definition) is 5. The third kappa shape index (κ3) is 5.74. The first-order chi connectivity index (χ1) is 12.7. The van der Waals surface area contributed by atoms with E-state index in [9.17, 15) is 9.59 Å². The molecule has 0 aliphatic heterocycles. The maximum absolute atomic E-state index is 11.6. The van der Waals surface area contributed by atoms with Gasteiger partial charge in [0.2, 0.25) is 0 Å². The fraction of sp³-hybridized carbons (Fsp3) is 0.368. The van der Waals surface area contributed by atoms with E-state index >= 15 is 0 Å². The number of fused-ring (bicyclic) bond motifs is 3. The van der Waals surface area contributed by atoms with E-state index in [2.05, 4.69) is 28.4 Å². The van der Waals surface area contributed by atoms with E-state index in [1.807, 2.05) is 24.3 Å². The van der Waals surface area contributed by atoms with Crippen LogP contribution in [0.5, 0.6) is 0 Å². The van der Waals surface area contributed by atoms with Crippen LogP contribution in [0.3, 0.4) is 0 Å². The molecule has 0 bridgehead atoms.